The molecular formula is C20H32N2O3S. The van der Waals surface area contributed by atoms with Crippen LogP contribution in [0.1, 0.15) is 69.6 Å². The van der Waals surface area contributed by atoms with E-state index in [-0.39, 0.29) is 5.91 Å². The Kier molecular flexibility index (Phi) is 6.86. The summed E-state index contributed by atoms with van der Waals surface area (Å²) in [5.74, 6) is 1.20. The predicted molar refractivity (Wildman–Crippen MR) is 107 cm³/mol. The molecule has 0 aromatic heterocycles. The standard InChI is InChI=1S/C20H32N2O3S/c1-13(2)26(24,25)21-9-7-6-8-19(23)22-18-11-15(4)20-16(5)14(3)10-17(20)12-18/h11-14,16,21H,6-10H2,1-5H3,(H,22,23). The number of hydrogen-bond donors (Lipinski definition) is 2. The quantitative estimate of drug-likeness (QED) is 0.675. The van der Waals surface area contributed by atoms with Crippen LogP contribution in [0, 0.1) is 12.8 Å². The molecule has 0 fully saturated rings. The van der Waals surface area contributed by atoms with Crippen LogP contribution >= 0.6 is 0 Å². The van der Waals surface area contributed by atoms with Gasteiger partial charge >= 0.3 is 0 Å². The molecule has 0 spiro atoms. The summed E-state index contributed by atoms with van der Waals surface area (Å²) >= 11 is 0. The summed E-state index contributed by atoms with van der Waals surface area (Å²) in [6, 6.07) is 4.17. The van der Waals surface area contributed by atoms with E-state index >= 15 is 0 Å². The van der Waals surface area contributed by atoms with Gasteiger partial charge < -0.3 is 5.32 Å². The number of nitrogens with one attached hydrogen (secondary N) is 2. The Labute approximate surface area is 158 Å². The van der Waals surface area contributed by atoms with E-state index in [2.05, 4.69) is 42.9 Å². The molecule has 146 valence electrons. The van der Waals surface area contributed by atoms with E-state index in [0.717, 1.165) is 12.1 Å². The Morgan fingerprint density at radius 2 is 1.92 bits per heavy atom. The van der Waals surface area contributed by atoms with Gasteiger partial charge in [0, 0.05) is 18.7 Å². The summed E-state index contributed by atoms with van der Waals surface area (Å²) in [5.41, 5.74) is 4.90. The summed E-state index contributed by atoms with van der Waals surface area (Å²) in [7, 11) is -3.22. The van der Waals surface area contributed by atoms with Gasteiger partial charge in [0.05, 0.1) is 5.25 Å². The average molecular weight is 381 g/mol. The molecule has 0 saturated heterocycles. The number of rotatable bonds is 8. The van der Waals surface area contributed by atoms with Gasteiger partial charge in [-0.1, -0.05) is 13.8 Å². The van der Waals surface area contributed by atoms with Gasteiger partial charge in [-0.3, -0.25) is 4.79 Å². The Bertz CT molecular complexity index is 757. The predicted octanol–water partition coefficient (Wildman–Crippen LogP) is 3.73. The molecule has 0 aliphatic heterocycles. The Hall–Kier alpha value is -1.40. The van der Waals surface area contributed by atoms with E-state index in [1.807, 2.05) is 0 Å². The average Bonchev–Trinajstić information content (AvgIpc) is 2.81. The van der Waals surface area contributed by atoms with Gasteiger partial charge in [-0.25, -0.2) is 13.1 Å². The molecule has 1 aliphatic rings. The maximum Gasteiger partial charge on any atom is 0.224 e. The first-order chi connectivity index (χ1) is 12.1. The van der Waals surface area contributed by atoms with Gasteiger partial charge in [-0.2, -0.15) is 0 Å². The minimum absolute atomic E-state index is 0.0184. The van der Waals surface area contributed by atoms with E-state index in [0.29, 0.717) is 37.6 Å². The van der Waals surface area contributed by atoms with Crippen molar-refractivity contribution in [2.24, 2.45) is 5.92 Å². The highest BCUT2D eigenvalue weighted by Crippen LogP contribution is 2.40. The Morgan fingerprint density at radius 1 is 1.23 bits per heavy atom. The van der Waals surface area contributed by atoms with Crippen LogP contribution < -0.4 is 10.0 Å². The lowest BCUT2D eigenvalue weighted by Crippen LogP contribution is -2.31. The van der Waals surface area contributed by atoms with Gasteiger partial charge in [0.2, 0.25) is 15.9 Å². The van der Waals surface area contributed by atoms with Gasteiger partial charge in [-0.05, 0) is 80.7 Å². The molecule has 2 N–H and O–H groups in total. The van der Waals surface area contributed by atoms with E-state index in [9.17, 15) is 13.2 Å². The van der Waals surface area contributed by atoms with Gasteiger partial charge in [0.25, 0.3) is 0 Å². The highest BCUT2D eigenvalue weighted by molar-refractivity contribution is 7.90. The third-order valence-electron chi connectivity index (χ3n) is 5.36. The molecule has 1 amide bonds. The second-order valence-corrected chi connectivity index (χ2v) is 10.2. The molecule has 0 bridgehead atoms. The Balaban J connectivity index is 1.81. The molecule has 2 unspecified atom stereocenters. The number of fused-ring (bicyclic) bond motifs is 1. The van der Waals surface area contributed by atoms with Crippen molar-refractivity contribution in [1.82, 2.24) is 4.72 Å². The fourth-order valence-electron chi connectivity index (χ4n) is 3.59. The maximum absolute atomic E-state index is 12.2. The van der Waals surface area contributed by atoms with Crippen LogP contribution in [-0.2, 0) is 21.2 Å². The third-order valence-corrected chi connectivity index (χ3v) is 7.21. The van der Waals surface area contributed by atoms with Gasteiger partial charge in [0.1, 0.15) is 0 Å². The molecule has 26 heavy (non-hydrogen) atoms. The second-order valence-electron chi connectivity index (χ2n) is 7.83. The zero-order valence-electron chi connectivity index (χ0n) is 16.6. The van der Waals surface area contributed by atoms with Crippen molar-refractivity contribution >= 4 is 21.6 Å². The van der Waals surface area contributed by atoms with Crippen LogP contribution in [0.25, 0.3) is 0 Å². The van der Waals surface area contributed by atoms with Gasteiger partial charge in [-0.15, -0.1) is 0 Å². The van der Waals surface area contributed by atoms with E-state index < -0.39 is 15.3 Å². The number of anilines is 1. The highest BCUT2D eigenvalue weighted by atomic mass is 32.2. The first-order valence-electron chi connectivity index (χ1n) is 9.53. The number of aryl methyl sites for hydroxylation is 1. The monoisotopic (exact) mass is 380 g/mol. The van der Waals surface area contributed by atoms with E-state index in [4.69, 9.17) is 0 Å². The number of benzene rings is 1. The molecule has 0 radical (unpaired) electrons. The summed E-state index contributed by atoms with van der Waals surface area (Å²) < 4.78 is 25.9. The van der Waals surface area contributed by atoms with E-state index in [1.165, 1.54) is 16.7 Å². The molecule has 1 aromatic carbocycles. The molecule has 6 heteroatoms. The fourth-order valence-corrected chi connectivity index (χ4v) is 4.35. The lowest BCUT2D eigenvalue weighted by Gasteiger charge is -2.14. The van der Waals surface area contributed by atoms with Crippen molar-refractivity contribution in [3.8, 4) is 0 Å². The van der Waals surface area contributed by atoms with Crippen molar-refractivity contribution in [1.29, 1.82) is 0 Å². The minimum Gasteiger partial charge on any atom is -0.326 e. The van der Waals surface area contributed by atoms with Crippen molar-refractivity contribution in [3.63, 3.8) is 0 Å². The molecule has 0 heterocycles. The molecule has 1 aliphatic carbocycles. The first-order valence-corrected chi connectivity index (χ1v) is 11.1. The lowest BCUT2D eigenvalue weighted by molar-refractivity contribution is -0.116. The normalized spacial score (nSPS) is 19.6. The summed E-state index contributed by atoms with van der Waals surface area (Å²) in [5, 5.41) is 2.56. The minimum atomic E-state index is -3.22. The van der Waals surface area contributed by atoms with Crippen LogP contribution in [0.5, 0.6) is 0 Å². The largest absolute Gasteiger partial charge is 0.326 e. The number of carbonyl (C=O) groups excluding carboxylic acids is 1. The molecule has 1 aromatic rings. The van der Waals surface area contributed by atoms with Crippen molar-refractivity contribution in [2.45, 2.75) is 71.5 Å². The van der Waals surface area contributed by atoms with Crippen molar-refractivity contribution < 1.29 is 13.2 Å². The lowest BCUT2D eigenvalue weighted by atomic mass is 9.93. The molecular weight excluding hydrogens is 348 g/mol. The summed E-state index contributed by atoms with van der Waals surface area (Å²) in [4.78, 5) is 12.2. The van der Waals surface area contributed by atoms with Crippen molar-refractivity contribution in [2.75, 3.05) is 11.9 Å². The fraction of sp³-hybridized carbons (Fsp3) is 0.650. The molecule has 0 saturated carbocycles. The number of carbonyl (C=O) groups is 1. The summed E-state index contributed by atoms with van der Waals surface area (Å²) in [6.45, 7) is 10.3. The zero-order chi connectivity index (χ0) is 19.5. The van der Waals surface area contributed by atoms with Crippen LogP contribution in [0.15, 0.2) is 12.1 Å². The maximum atomic E-state index is 12.2. The SMILES string of the molecule is Cc1cc(NC(=O)CCCCNS(=O)(=O)C(C)C)cc2c1C(C)C(C)C2. The Morgan fingerprint density at radius 3 is 2.58 bits per heavy atom. The van der Waals surface area contributed by atoms with Crippen LogP contribution in [0.4, 0.5) is 5.69 Å². The van der Waals surface area contributed by atoms with Crippen LogP contribution in [-0.4, -0.2) is 26.1 Å². The van der Waals surface area contributed by atoms with Crippen LogP contribution in [0.3, 0.4) is 0 Å². The highest BCUT2D eigenvalue weighted by Gasteiger charge is 2.27. The van der Waals surface area contributed by atoms with Crippen molar-refractivity contribution in [3.05, 3.63) is 28.8 Å². The topological polar surface area (TPSA) is 75.3 Å². The molecule has 5 nitrogen and oxygen atoms in total. The molecule has 2 rings (SSSR count). The number of unbranched alkanes of at least 4 members (excludes halogenated alkanes) is 1. The number of amides is 1. The van der Waals surface area contributed by atoms with E-state index in [1.54, 1.807) is 13.8 Å². The second kappa shape index (κ2) is 8.53. The number of sulfonamides is 1. The molecule has 2 atom stereocenters. The summed E-state index contributed by atoms with van der Waals surface area (Å²) in [6.07, 6.45) is 2.77. The number of hydrogen-bond acceptors (Lipinski definition) is 3. The van der Waals surface area contributed by atoms with Gasteiger partial charge in [0.15, 0.2) is 0 Å². The smallest absolute Gasteiger partial charge is 0.224 e. The van der Waals surface area contributed by atoms with Crippen LogP contribution in [0.2, 0.25) is 0 Å². The third kappa shape index (κ3) is 5.07. The zero-order valence-corrected chi connectivity index (χ0v) is 17.4. The first kappa shape index (κ1) is 20.9.